The molecule has 0 saturated carbocycles. The quantitative estimate of drug-likeness (QED) is 0.710. The van der Waals surface area contributed by atoms with Crippen LogP contribution in [0.2, 0.25) is 0 Å². The van der Waals surface area contributed by atoms with Gasteiger partial charge in [-0.3, -0.25) is 4.79 Å². The number of carboxylic acids is 1. The molecule has 0 aromatic heterocycles. The molecule has 0 aromatic carbocycles. The fourth-order valence-electron chi connectivity index (χ4n) is 0.804. The Bertz CT molecular complexity index is 349. The lowest BCUT2D eigenvalue weighted by molar-refractivity contribution is -0.145. The number of rotatable bonds is 6. The molecular formula is C9H20N2O4S. The van der Waals surface area contributed by atoms with Crippen LogP contribution < -0.4 is 4.72 Å². The van der Waals surface area contributed by atoms with Gasteiger partial charge in [0.15, 0.2) is 0 Å². The molecule has 0 bridgehead atoms. The number of nitrogens with zero attached hydrogens (tertiary/aromatic N) is 1. The Hall–Kier alpha value is -0.660. The van der Waals surface area contributed by atoms with Gasteiger partial charge < -0.3 is 5.11 Å². The number of carboxylic acid groups (broad SMARTS) is 1. The van der Waals surface area contributed by atoms with Crippen LogP contribution in [-0.2, 0) is 15.0 Å². The third kappa shape index (κ3) is 3.73. The molecule has 0 heterocycles. The maximum Gasteiger partial charge on any atom is 0.324 e. The summed E-state index contributed by atoms with van der Waals surface area (Å²) in [5.41, 5.74) is -1.47. The first kappa shape index (κ1) is 15.3. The minimum atomic E-state index is -3.76. The molecule has 2 N–H and O–H groups in total. The third-order valence-corrected chi connectivity index (χ3v) is 4.05. The maximum atomic E-state index is 11.7. The van der Waals surface area contributed by atoms with Crippen LogP contribution >= 0.6 is 0 Å². The van der Waals surface area contributed by atoms with Crippen molar-refractivity contribution in [3.63, 3.8) is 0 Å². The van der Waals surface area contributed by atoms with Gasteiger partial charge in [-0.1, -0.05) is 13.8 Å². The second-order valence-electron chi connectivity index (χ2n) is 4.58. The van der Waals surface area contributed by atoms with Crippen LogP contribution in [0.3, 0.4) is 0 Å². The summed E-state index contributed by atoms with van der Waals surface area (Å²) in [5, 5.41) is 8.92. The second-order valence-corrected chi connectivity index (χ2v) is 6.37. The highest BCUT2D eigenvalue weighted by molar-refractivity contribution is 7.87. The highest BCUT2D eigenvalue weighted by atomic mass is 32.2. The fourth-order valence-corrected chi connectivity index (χ4v) is 2.22. The molecule has 0 unspecified atom stereocenters. The topological polar surface area (TPSA) is 86.7 Å². The van der Waals surface area contributed by atoms with Gasteiger partial charge in [0.25, 0.3) is 10.2 Å². The van der Waals surface area contributed by atoms with Crippen LogP contribution in [0, 0.1) is 5.92 Å². The first-order valence-electron chi connectivity index (χ1n) is 4.99. The molecule has 16 heavy (non-hydrogen) atoms. The molecule has 0 radical (unpaired) electrons. The molecule has 0 fully saturated rings. The van der Waals surface area contributed by atoms with Gasteiger partial charge >= 0.3 is 5.97 Å². The first-order valence-corrected chi connectivity index (χ1v) is 6.43. The Morgan fingerprint density at radius 2 is 1.88 bits per heavy atom. The predicted molar refractivity (Wildman–Crippen MR) is 61.2 cm³/mol. The second kappa shape index (κ2) is 5.11. The van der Waals surface area contributed by atoms with E-state index in [1.54, 1.807) is 0 Å². The zero-order valence-corrected chi connectivity index (χ0v) is 11.1. The Morgan fingerprint density at radius 1 is 1.44 bits per heavy atom. The smallest absolute Gasteiger partial charge is 0.324 e. The lowest BCUT2D eigenvalue weighted by Crippen LogP contribution is -2.54. The summed E-state index contributed by atoms with van der Waals surface area (Å²) in [5.74, 6) is -1.03. The van der Waals surface area contributed by atoms with Gasteiger partial charge in [0.2, 0.25) is 0 Å². The van der Waals surface area contributed by atoms with Crippen LogP contribution in [-0.4, -0.2) is 42.9 Å². The van der Waals surface area contributed by atoms with E-state index in [1.807, 2.05) is 13.8 Å². The zero-order chi connectivity index (χ0) is 13.1. The summed E-state index contributed by atoms with van der Waals surface area (Å²) in [6.07, 6.45) is 0. The van der Waals surface area contributed by atoms with Gasteiger partial charge in [-0.2, -0.15) is 12.7 Å². The molecule has 0 aliphatic rings. The summed E-state index contributed by atoms with van der Waals surface area (Å²) < 4.78 is 26.7. The number of hydrogen-bond acceptors (Lipinski definition) is 3. The van der Waals surface area contributed by atoms with E-state index in [-0.39, 0.29) is 12.5 Å². The van der Waals surface area contributed by atoms with Crippen LogP contribution in [0.5, 0.6) is 0 Å². The molecule has 96 valence electrons. The van der Waals surface area contributed by atoms with E-state index in [0.29, 0.717) is 0 Å². The standard InChI is InChI=1S/C9H20N2O4S/c1-7(2)6-10-16(14,15)11(5)9(3,4)8(12)13/h7,10H,6H2,1-5H3,(H,12,13). The normalized spacial score (nSPS) is 13.4. The molecule has 0 amide bonds. The molecular weight excluding hydrogens is 232 g/mol. The van der Waals surface area contributed by atoms with E-state index in [4.69, 9.17) is 5.11 Å². The molecule has 0 spiro atoms. The lowest BCUT2D eigenvalue weighted by atomic mass is 10.1. The van der Waals surface area contributed by atoms with Crippen LogP contribution in [0.15, 0.2) is 0 Å². The Morgan fingerprint density at radius 3 is 2.19 bits per heavy atom. The molecule has 0 saturated heterocycles. The minimum Gasteiger partial charge on any atom is -0.480 e. The van der Waals surface area contributed by atoms with E-state index in [2.05, 4.69) is 4.72 Å². The van der Waals surface area contributed by atoms with E-state index >= 15 is 0 Å². The van der Waals surface area contributed by atoms with Gasteiger partial charge in [0.05, 0.1) is 0 Å². The number of carbonyl (C=O) groups is 1. The van der Waals surface area contributed by atoms with Crippen LogP contribution in [0.1, 0.15) is 27.7 Å². The molecule has 0 atom stereocenters. The zero-order valence-electron chi connectivity index (χ0n) is 10.3. The number of aliphatic carboxylic acids is 1. The van der Waals surface area contributed by atoms with Gasteiger partial charge in [-0.05, 0) is 19.8 Å². The highest BCUT2D eigenvalue weighted by Crippen LogP contribution is 2.15. The summed E-state index contributed by atoms with van der Waals surface area (Å²) in [6.45, 7) is 6.69. The van der Waals surface area contributed by atoms with Crippen molar-refractivity contribution in [2.75, 3.05) is 13.6 Å². The van der Waals surface area contributed by atoms with Gasteiger partial charge in [-0.15, -0.1) is 0 Å². The van der Waals surface area contributed by atoms with E-state index in [9.17, 15) is 13.2 Å². The predicted octanol–water partition coefficient (Wildman–Crippen LogP) is 0.272. The molecule has 0 rings (SSSR count). The van der Waals surface area contributed by atoms with Crippen molar-refractivity contribution in [3.05, 3.63) is 0 Å². The molecule has 0 aromatic rings. The van der Waals surface area contributed by atoms with Crippen molar-refractivity contribution < 1.29 is 18.3 Å². The minimum absolute atomic E-state index is 0.163. The van der Waals surface area contributed by atoms with Gasteiger partial charge in [0, 0.05) is 13.6 Å². The van der Waals surface area contributed by atoms with Crippen molar-refractivity contribution in [1.82, 2.24) is 9.03 Å². The molecule has 0 aliphatic carbocycles. The van der Waals surface area contributed by atoms with Gasteiger partial charge in [0.1, 0.15) is 5.54 Å². The third-order valence-electron chi connectivity index (χ3n) is 2.35. The van der Waals surface area contributed by atoms with Crippen LogP contribution in [0.25, 0.3) is 0 Å². The van der Waals surface area contributed by atoms with Crippen molar-refractivity contribution in [3.8, 4) is 0 Å². The SMILES string of the molecule is CC(C)CNS(=O)(=O)N(C)C(C)(C)C(=O)O. The number of nitrogens with one attached hydrogen (secondary N) is 1. The summed E-state index contributed by atoms with van der Waals surface area (Å²) >= 11 is 0. The van der Waals surface area contributed by atoms with E-state index < -0.39 is 21.7 Å². The van der Waals surface area contributed by atoms with Crippen molar-refractivity contribution in [2.45, 2.75) is 33.2 Å². The average molecular weight is 252 g/mol. The molecule has 0 aliphatic heterocycles. The fraction of sp³-hybridized carbons (Fsp3) is 0.889. The maximum absolute atomic E-state index is 11.7. The van der Waals surface area contributed by atoms with Gasteiger partial charge in [-0.25, -0.2) is 4.72 Å². The lowest BCUT2D eigenvalue weighted by Gasteiger charge is -2.30. The summed E-state index contributed by atoms with van der Waals surface area (Å²) in [6, 6.07) is 0. The molecule has 6 nitrogen and oxygen atoms in total. The monoisotopic (exact) mass is 252 g/mol. The Kier molecular flexibility index (Phi) is 4.90. The highest BCUT2D eigenvalue weighted by Gasteiger charge is 2.39. The van der Waals surface area contributed by atoms with E-state index in [0.717, 1.165) is 4.31 Å². The van der Waals surface area contributed by atoms with Crippen molar-refractivity contribution >= 4 is 16.2 Å². The van der Waals surface area contributed by atoms with E-state index in [1.165, 1.54) is 20.9 Å². The summed E-state index contributed by atoms with van der Waals surface area (Å²) in [4.78, 5) is 10.9. The van der Waals surface area contributed by atoms with Crippen molar-refractivity contribution in [2.24, 2.45) is 5.92 Å². The molecule has 7 heteroatoms. The number of likely N-dealkylation sites (N-methyl/N-ethyl adjacent to an activating group) is 1. The Labute approximate surface area is 96.8 Å². The van der Waals surface area contributed by atoms with Crippen molar-refractivity contribution in [1.29, 1.82) is 0 Å². The Balaban J connectivity index is 4.84. The number of hydrogen-bond donors (Lipinski definition) is 2. The first-order chi connectivity index (χ1) is 7.01. The average Bonchev–Trinajstić information content (AvgIpc) is 2.13. The summed E-state index contributed by atoms with van der Waals surface area (Å²) in [7, 11) is -2.51. The largest absolute Gasteiger partial charge is 0.480 e. The van der Waals surface area contributed by atoms with Crippen LogP contribution in [0.4, 0.5) is 0 Å².